The van der Waals surface area contributed by atoms with Crippen molar-refractivity contribution in [2.24, 2.45) is 23.7 Å². The maximum absolute atomic E-state index is 12.3. The predicted molar refractivity (Wildman–Crippen MR) is 63.0 cm³/mol. The summed E-state index contributed by atoms with van der Waals surface area (Å²) < 4.78 is 0. The lowest BCUT2D eigenvalue weighted by Crippen LogP contribution is -2.38. The minimum Gasteiger partial charge on any atom is -0.308 e. The van der Waals surface area contributed by atoms with Crippen molar-refractivity contribution in [1.82, 2.24) is 9.80 Å². The lowest BCUT2D eigenvalue weighted by atomic mass is 9.85. The summed E-state index contributed by atoms with van der Waals surface area (Å²) in [6.07, 6.45) is 5.27. The SMILES string of the molecule is CN(C)CCN1C(=O)[C@@H]2[C@@H](C1=O)[C@@H]1C=C[C@@H]2C1. The Labute approximate surface area is 101 Å². The van der Waals surface area contributed by atoms with E-state index in [-0.39, 0.29) is 23.7 Å². The lowest BCUT2D eigenvalue weighted by molar-refractivity contribution is -0.140. The average Bonchev–Trinajstić information content (AvgIpc) is 2.92. The van der Waals surface area contributed by atoms with Crippen LogP contribution < -0.4 is 0 Å². The van der Waals surface area contributed by atoms with Gasteiger partial charge in [0.25, 0.3) is 0 Å². The van der Waals surface area contributed by atoms with E-state index < -0.39 is 0 Å². The second kappa shape index (κ2) is 3.67. The van der Waals surface area contributed by atoms with Crippen LogP contribution in [0.1, 0.15) is 6.42 Å². The van der Waals surface area contributed by atoms with Gasteiger partial charge in [0, 0.05) is 13.1 Å². The average molecular weight is 234 g/mol. The third kappa shape index (κ3) is 1.47. The number of amides is 2. The van der Waals surface area contributed by atoms with Crippen LogP contribution in [0, 0.1) is 23.7 Å². The van der Waals surface area contributed by atoms with Crippen LogP contribution in [0.15, 0.2) is 12.2 Å². The molecule has 4 atom stereocenters. The zero-order valence-electron chi connectivity index (χ0n) is 10.3. The molecule has 3 rings (SSSR count). The predicted octanol–water partition coefficient (Wildman–Crippen LogP) is 0.355. The molecule has 1 aliphatic heterocycles. The topological polar surface area (TPSA) is 40.6 Å². The van der Waals surface area contributed by atoms with Crippen molar-refractivity contribution in [2.75, 3.05) is 27.2 Å². The summed E-state index contributed by atoms with van der Waals surface area (Å²) in [4.78, 5) is 28.0. The first-order chi connectivity index (χ1) is 8.09. The maximum Gasteiger partial charge on any atom is 0.233 e. The van der Waals surface area contributed by atoms with Gasteiger partial charge >= 0.3 is 0 Å². The van der Waals surface area contributed by atoms with Crippen LogP contribution in [0.4, 0.5) is 0 Å². The van der Waals surface area contributed by atoms with Crippen LogP contribution in [0.2, 0.25) is 0 Å². The molecule has 1 saturated heterocycles. The Morgan fingerprint density at radius 2 is 1.71 bits per heavy atom. The molecule has 2 amide bonds. The van der Waals surface area contributed by atoms with Gasteiger partial charge in [0.2, 0.25) is 11.8 Å². The Kier molecular flexibility index (Phi) is 2.36. The summed E-state index contributed by atoms with van der Waals surface area (Å²) in [5.74, 6) is 0.702. The first kappa shape index (κ1) is 11.0. The minimum absolute atomic E-state index is 0.0420. The molecule has 0 spiro atoms. The van der Waals surface area contributed by atoms with Gasteiger partial charge in [0.1, 0.15) is 0 Å². The fourth-order valence-electron chi connectivity index (χ4n) is 3.48. The number of fused-ring (bicyclic) bond motifs is 5. The van der Waals surface area contributed by atoms with Crippen LogP contribution in [-0.2, 0) is 9.59 Å². The first-order valence-electron chi connectivity index (χ1n) is 6.28. The van der Waals surface area contributed by atoms with Crippen LogP contribution in [0.5, 0.6) is 0 Å². The van der Waals surface area contributed by atoms with Gasteiger partial charge in [-0.05, 0) is 32.4 Å². The molecule has 4 nitrogen and oxygen atoms in total. The highest BCUT2D eigenvalue weighted by Crippen LogP contribution is 2.52. The number of hydrogen-bond acceptors (Lipinski definition) is 3. The summed E-state index contributed by atoms with van der Waals surface area (Å²) in [6, 6.07) is 0. The Morgan fingerprint density at radius 1 is 1.18 bits per heavy atom. The number of carbonyl (C=O) groups excluding carboxylic acids is 2. The Hall–Kier alpha value is -1.16. The number of carbonyl (C=O) groups is 2. The van der Waals surface area contributed by atoms with Gasteiger partial charge in [-0.2, -0.15) is 0 Å². The van der Waals surface area contributed by atoms with Crippen LogP contribution in [0.25, 0.3) is 0 Å². The van der Waals surface area contributed by atoms with E-state index in [1.807, 2.05) is 19.0 Å². The zero-order valence-corrected chi connectivity index (χ0v) is 10.3. The van der Waals surface area contributed by atoms with E-state index in [0.717, 1.165) is 13.0 Å². The summed E-state index contributed by atoms with van der Waals surface area (Å²) in [5.41, 5.74) is 0. The summed E-state index contributed by atoms with van der Waals surface area (Å²) >= 11 is 0. The maximum atomic E-state index is 12.3. The van der Waals surface area contributed by atoms with Crippen molar-refractivity contribution in [3.05, 3.63) is 12.2 Å². The minimum atomic E-state index is -0.0420. The Bertz CT molecular complexity index is 372. The summed E-state index contributed by atoms with van der Waals surface area (Å²) in [7, 11) is 3.91. The number of imide groups is 1. The number of likely N-dealkylation sites (N-methyl/N-ethyl adjacent to an activating group) is 1. The van der Waals surface area contributed by atoms with E-state index in [0.29, 0.717) is 18.4 Å². The number of hydrogen-bond donors (Lipinski definition) is 0. The van der Waals surface area contributed by atoms with Gasteiger partial charge in [0.15, 0.2) is 0 Å². The molecule has 2 bridgehead atoms. The van der Waals surface area contributed by atoms with Crippen molar-refractivity contribution >= 4 is 11.8 Å². The van der Waals surface area contributed by atoms with Crippen LogP contribution in [-0.4, -0.2) is 48.8 Å². The molecule has 3 aliphatic rings. The highest BCUT2D eigenvalue weighted by Gasteiger charge is 2.58. The molecule has 0 aromatic rings. The number of rotatable bonds is 3. The molecule has 0 aromatic carbocycles. The second-order valence-electron chi connectivity index (χ2n) is 5.63. The van der Waals surface area contributed by atoms with E-state index in [1.165, 1.54) is 4.90 Å². The molecular weight excluding hydrogens is 216 g/mol. The van der Waals surface area contributed by atoms with Gasteiger partial charge in [0.05, 0.1) is 11.8 Å². The normalized spacial score (nSPS) is 38.6. The van der Waals surface area contributed by atoms with E-state index in [2.05, 4.69) is 12.2 Å². The van der Waals surface area contributed by atoms with Gasteiger partial charge in [-0.25, -0.2) is 0 Å². The van der Waals surface area contributed by atoms with Gasteiger partial charge < -0.3 is 4.90 Å². The Balaban J connectivity index is 1.78. The molecule has 1 saturated carbocycles. The smallest absolute Gasteiger partial charge is 0.233 e. The quantitative estimate of drug-likeness (QED) is 0.523. The van der Waals surface area contributed by atoms with Gasteiger partial charge in [-0.15, -0.1) is 0 Å². The molecule has 1 heterocycles. The fourth-order valence-corrected chi connectivity index (χ4v) is 3.48. The zero-order chi connectivity index (χ0) is 12.2. The van der Waals surface area contributed by atoms with Crippen molar-refractivity contribution in [1.29, 1.82) is 0 Å². The summed E-state index contributed by atoms with van der Waals surface area (Å²) in [6.45, 7) is 1.29. The largest absolute Gasteiger partial charge is 0.308 e. The molecule has 0 radical (unpaired) electrons. The van der Waals surface area contributed by atoms with Crippen molar-refractivity contribution < 1.29 is 9.59 Å². The third-order valence-electron chi connectivity index (χ3n) is 4.33. The highest BCUT2D eigenvalue weighted by molar-refractivity contribution is 6.06. The monoisotopic (exact) mass is 234 g/mol. The standard InChI is InChI=1S/C13H18N2O2/c1-14(2)5-6-15-12(16)10-8-3-4-9(7-8)11(10)13(15)17/h3-4,8-11H,5-7H2,1-2H3/t8-,9-,10+,11+/m1/s1. The van der Waals surface area contributed by atoms with Crippen molar-refractivity contribution in [2.45, 2.75) is 6.42 Å². The van der Waals surface area contributed by atoms with Crippen LogP contribution in [0.3, 0.4) is 0 Å². The van der Waals surface area contributed by atoms with E-state index in [9.17, 15) is 9.59 Å². The second-order valence-corrected chi connectivity index (χ2v) is 5.63. The highest BCUT2D eigenvalue weighted by atomic mass is 16.2. The number of nitrogens with zero attached hydrogens (tertiary/aromatic N) is 2. The molecule has 0 aromatic heterocycles. The summed E-state index contributed by atoms with van der Waals surface area (Å²) in [5, 5.41) is 0. The third-order valence-corrected chi connectivity index (χ3v) is 4.33. The molecule has 92 valence electrons. The molecule has 17 heavy (non-hydrogen) atoms. The van der Waals surface area contributed by atoms with E-state index in [1.54, 1.807) is 0 Å². The van der Waals surface area contributed by atoms with Crippen molar-refractivity contribution in [3.8, 4) is 0 Å². The fraction of sp³-hybridized carbons (Fsp3) is 0.692. The molecule has 2 aliphatic carbocycles. The van der Waals surface area contributed by atoms with Crippen LogP contribution >= 0.6 is 0 Å². The van der Waals surface area contributed by atoms with Crippen molar-refractivity contribution in [3.63, 3.8) is 0 Å². The van der Waals surface area contributed by atoms with E-state index in [4.69, 9.17) is 0 Å². The number of likely N-dealkylation sites (tertiary alicyclic amines) is 1. The first-order valence-corrected chi connectivity index (χ1v) is 6.28. The molecule has 2 fully saturated rings. The Morgan fingerprint density at radius 3 is 2.18 bits per heavy atom. The van der Waals surface area contributed by atoms with Gasteiger partial charge in [-0.3, -0.25) is 14.5 Å². The molecule has 0 N–H and O–H groups in total. The lowest BCUT2D eigenvalue weighted by Gasteiger charge is -2.19. The number of allylic oxidation sites excluding steroid dienone is 2. The molecular formula is C13H18N2O2. The van der Waals surface area contributed by atoms with Gasteiger partial charge in [-0.1, -0.05) is 12.2 Å². The molecule has 4 heteroatoms. The molecule has 0 unspecified atom stereocenters. The van der Waals surface area contributed by atoms with E-state index >= 15 is 0 Å².